The zero-order valence-electron chi connectivity index (χ0n) is 12.0. The van der Waals surface area contributed by atoms with Gasteiger partial charge in [-0.25, -0.2) is 0 Å². The lowest BCUT2D eigenvalue weighted by atomic mass is 9.96. The van der Waals surface area contributed by atoms with E-state index in [1.54, 1.807) is 7.11 Å². The van der Waals surface area contributed by atoms with Gasteiger partial charge in [0.1, 0.15) is 0 Å². The number of hydrogen-bond acceptors (Lipinski definition) is 2. The summed E-state index contributed by atoms with van der Waals surface area (Å²) >= 11 is 0. The molecule has 0 bridgehead atoms. The molecule has 0 radical (unpaired) electrons. The Morgan fingerprint density at radius 3 is 2.65 bits per heavy atom. The molecule has 1 aliphatic rings. The molecule has 0 atom stereocenters. The van der Waals surface area contributed by atoms with Gasteiger partial charge >= 0.3 is 0 Å². The molecule has 2 aromatic carbocycles. The highest BCUT2D eigenvalue weighted by Gasteiger charge is 2.09. The second-order valence-electron chi connectivity index (χ2n) is 5.34. The van der Waals surface area contributed by atoms with E-state index in [0.717, 1.165) is 19.6 Å². The number of rotatable bonds is 4. The first-order chi connectivity index (χ1) is 9.86. The van der Waals surface area contributed by atoms with Crippen molar-refractivity contribution >= 4 is 5.69 Å². The van der Waals surface area contributed by atoms with Crippen molar-refractivity contribution < 1.29 is 4.74 Å². The lowest BCUT2D eigenvalue weighted by Gasteiger charge is -2.18. The number of hydrogen-bond donors (Lipinski definition) is 1. The Balaban J connectivity index is 1.81. The molecule has 2 nitrogen and oxygen atoms in total. The summed E-state index contributed by atoms with van der Waals surface area (Å²) in [6, 6.07) is 15.6. The molecule has 1 heterocycles. The molecule has 0 saturated carbocycles. The Kier molecular flexibility index (Phi) is 4.03. The van der Waals surface area contributed by atoms with Crippen LogP contribution in [-0.4, -0.2) is 20.3 Å². The fourth-order valence-electron chi connectivity index (χ4n) is 2.74. The topological polar surface area (TPSA) is 21.3 Å². The van der Waals surface area contributed by atoms with Gasteiger partial charge < -0.3 is 10.1 Å². The molecule has 0 amide bonds. The number of anilines is 1. The molecule has 0 saturated heterocycles. The van der Waals surface area contributed by atoms with E-state index in [4.69, 9.17) is 4.74 Å². The van der Waals surface area contributed by atoms with Gasteiger partial charge in [-0.2, -0.15) is 0 Å². The average molecular weight is 267 g/mol. The molecule has 0 unspecified atom stereocenters. The first-order valence-electron chi connectivity index (χ1n) is 7.32. The predicted molar refractivity (Wildman–Crippen MR) is 84.3 cm³/mol. The third-order valence-electron chi connectivity index (χ3n) is 3.93. The van der Waals surface area contributed by atoms with Crippen molar-refractivity contribution in [2.45, 2.75) is 19.3 Å². The van der Waals surface area contributed by atoms with E-state index in [9.17, 15) is 0 Å². The second-order valence-corrected chi connectivity index (χ2v) is 5.34. The van der Waals surface area contributed by atoms with Gasteiger partial charge in [0.25, 0.3) is 0 Å². The van der Waals surface area contributed by atoms with E-state index in [-0.39, 0.29) is 0 Å². The Hall–Kier alpha value is -1.80. The molecule has 0 aliphatic carbocycles. The van der Waals surface area contributed by atoms with Gasteiger partial charge in [0, 0.05) is 19.3 Å². The van der Waals surface area contributed by atoms with Crippen LogP contribution in [0.4, 0.5) is 5.69 Å². The minimum atomic E-state index is 0.782. The fourth-order valence-corrected chi connectivity index (χ4v) is 2.74. The number of nitrogens with one attached hydrogen (secondary N) is 1. The summed E-state index contributed by atoms with van der Waals surface area (Å²) in [5, 5.41) is 3.46. The molecular formula is C18H21NO. The van der Waals surface area contributed by atoms with Gasteiger partial charge in [0.2, 0.25) is 0 Å². The van der Waals surface area contributed by atoms with Crippen LogP contribution in [0.25, 0.3) is 11.1 Å². The standard InChI is InChI=1S/C18H21NO/c1-20-12-10-14-4-6-15(7-5-14)16-8-9-18-17(13-16)3-2-11-19-18/h4-9,13,19H,2-3,10-12H2,1H3. The van der Waals surface area contributed by atoms with Crippen molar-refractivity contribution in [1.29, 1.82) is 0 Å². The quantitative estimate of drug-likeness (QED) is 0.907. The number of aryl methyl sites for hydroxylation is 1. The number of ether oxygens (including phenoxy) is 1. The minimum absolute atomic E-state index is 0.782. The zero-order chi connectivity index (χ0) is 13.8. The maximum Gasteiger partial charge on any atom is 0.0502 e. The van der Waals surface area contributed by atoms with Crippen LogP contribution in [0.5, 0.6) is 0 Å². The maximum atomic E-state index is 5.12. The SMILES string of the molecule is COCCc1ccc(-c2ccc3c(c2)CCCN3)cc1. The molecule has 1 aliphatic heterocycles. The normalized spacial score (nSPS) is 13.7. The summed E-state index contributed by atoms with van der Waals surface area (Å²) in [7, 11) is 1.75. The summed E-state index contributed by atoms with van der Waals surface area (Å²) in [6.45, 7) is 1.88. The van der Waals surface area contributed by atoms with Gasteiger partial charge in [0.05, 0.1) is 6.61 Å². The fraction of sp³-hybridized carbons (Fsp3) is 0.333. The Morgan fingerprint density at radius 2 is 1.85 bits per heavy atom. The van der Waals surface area contributed by atoms with Crippen LogP contribution < -0.4 is 5.32 Å². The summed E-state index contributed by atoms with van der Waals surface area (Å²) in [4.78, 5) is 0. The number of methoxy groups -OCH3 is 1. The number of fused-ring (bicyclic) bond motifs is 1. The third-order valence-corrected chi connectivity index (χ3v) is 3.93. The molecular weight excluding hydrogens is 246 g/mol. The highest BCUT2D eigenvalue weighted by molar-refractivity contribution is 5.69. The average Bonchev–Trinajstić information content (AvgIpc) is 2.53. The first-order valence-corrected chi connectivity index (χ1v) is 7.32. The monoisotopic (exact) mass is 267 g/mol. The van der Waals surface area contributed by atoms with Crippen molar-refractivity contribution in [3.63, 3.8) is 0 Å². The van der Waals surface area contributed by atoms with E-state index in [2.05, 4.69) is 47.8 Å². The molecule has 0 aromatic heterocycles. The summed E-state index contributed by atoms with van der Waals surface area (Å²) in [5.41, 5.74) is 6.68. The second kappa shape index (κ2) is 6.10. The summed E-state index contributed by atoms with van der Waals surface area (Å²) in [5.74, 6) is 0. The zero-order valence-corrected chi connectivity index (χ0v) is 12.0. The Labute approximate surface area is 120 Å². The van der Waals surface area contributed by atoms with Gasteiger partial charge in [-0.15, -0.1) is 0 Å². The molecule has 0 spiro atoms. The molecule has 3 rings (SSSR count). The van der Waals surface area contributed by atoms with Crippen molar-refractivity contribution in [1.82, 2.24) is 0 Å². The third kappa shape index (κ3) is 2.86. The van der Waals surface area contributed by atoms with Crippen LogP contribution >= 0.6 is 0 Å². The highest BCUT2D eigenvalue weighted by atomic mass is 16.5. The molecule has 2 aromatic rings. The minimum Gasteiger partial charge on any atom is -0.385 e. The lowest BCUT2D eigenvalue weighted by molar-refractivity contribution is 0.202. The lowest BCUT2D eigenvalue weighted by Crippen LogP contribution is -2.11. The largest absolute Gasteiger partial charge is 0.385 e. The van der Waals surface area contributed by atoms with Gasteiger partial charge in [-0.3, -0.25) is 0 Å². The van der Waals surface area contributed by atoms with Crippen LogP contribution in [0.2, 0.25) is 0 Å². The van der Waals surface area contributed by atoms with Crippen LogP contribution in [0.3, 0.4) is 0 Å². The first kappa shape index (κ1) is 13.2. The predicted octanol–water partition coefficient (Wildman–Crippen LogP) is 3.90. The van der Waals surface area contributed by atoms with E-state index in [1.165, 1.54) is 40.8 Å². The molecule has 20 heavy (non-hydrogen) atoms. The van der Waals surface area contributed by atoms with Crippen molar-refractivity contribution in [2.75, 3.05) is 25.6 Å². The highest BCUT2D eigenvalue weighted by Crippen LogP contribution is 2.28. The van der Waals surface area contributed by atoms with Crippen LogP contribution in [0.15, 0.2) is 42.5 Å². The van der Waals surface area contributed by atoms with Crippen LogP contribution in [-0.2, 0) is 17.6 Å². The van der Waals surface area contributed by atoms with Crippen molar-refractivity contribution in [3.05, 3.63) is 53.6 Å². The van der Waals surface area contributed by atoms with E-state index >= 15 is 0 Å². The van der Waals surface area contributed by atoms with Crippen molar-refractivity contribution in [2.24, 2.45) is 0 Å². The molecule has 1 N–H and O–H groups in total. The van der Waals surface area contributed by atoms with Crippen LogP contribution in [0.1, 0.15) is 17.5 Å². The van der Waals surface area contributed by atoms with E-state index in [1.807, 2.05) is 0 Å². The smallest absolute Gasteiger partial charge is 0.0502 e. The number of benzene rings is 2. The molecule has 0 fully saturated rings. The Morgan fingerprint density at radius 1 is 1.05 bits per heavy atom. The molecule has 104 valence electrons. The van der Waals surface area contributed by atoms with Gasteiger partial charge in [-0.05, 0) is 53.6 Å². The molecule has 2 heteroatoms. The summed E-state index contributed by atoms with van der Waals surface area (Å²) < 4.78 is 5.12. The van der Waals surface area contributed by atoms with Crippen LogP contribution in [0, 0.1) is 0 Å². The van der Waals surface area contributed by atoms with Crippen molar-refractivity contribution in [3.8, 4) is 11.1 Å². The summed E-state index contributed by atoms with van der Waals surface area (Å²) in [6.07, 6.45) is 3.39. The van der Waals surface area contributed by atoms with E-state index in [0.29, 0.717) is 0 Å². The Bertz CT molecular complexity index is 574. The van der Waals surface area contributed by atoms with Gasteiger partial charge in [0.15, 0.2) is 0 Å². The maximum absolute atomic E-state index is 5.12. The van der Waals surface area contributed by atoms with E-state index < -0.39 is 0 Å². The van der Waals surface area contributed by atoms with Gasteiger partial charge in [-0.1, -0.05) is 30.3 Å².